The molecule has 0 radical (unpaired) electrons. The number of fused-ring (bicyclic) bond motifs is 1. The molecule has 22 heteroatoms. The molecule has 0 unspecified atom stereocenters. The zero-order valence-electron chi connectivity index (χ0n) is 48.2. The van der Waals surface area contributed by atoms with Crippen LogP contribution in [0.1, 0.15) is 118 Å². The summed E-state index contributed by atoms with van der Waals surface area (Å²) in [7, 11) is 0. The molecule has 2 aromatic rings. The van der Waals surface area contributed by atoms with E-state index in [1.54, 1.807) is 52.0 Å². The van der Waals surface area contributed by atoms with E-state index in [2.05, 4.69) is 42.5 Å². The van der Waals surface area contributed by atoms with E-state index in [4.69, 9.17) is 20.9 Å². The highest BCUT2D eigenvalue weighted by molar-refractivity contribution is 5.98. The summed E-state index contributed by atoms with van der Waals surface area (Å²) < 4.78 is 12.1. The van der Waals surface area contributed by atoms with E-state index < -0.39 is 126 Å². The zero-order valence-corrected chi connectivity index (χ0v) is 48.2. The van der Waals surface area contributed by atoms with Crippen molar-refractivity contribution in [2.24, 2.45) is 35.1 Å². The van der Waals surface area contributed by atoms with Gasteiger partial charge in [0, 0.05) is 19.5 Å². The summed E-state index contributed by atoms with van der Waals surface area (Å²) in [6, 6.07) is 9.18. The highest BCUT2D eigenvalue weighted by Gasteiger charge is 2.41. The number of nitrogens with zero attached hydrogens (tertiary/aromatic N) is 1. The number of carbonyl (C=O) groups is 9. The number of hydrogen-bond acceptors (Lipinski definition) is 13. The number of rotatable bonds is 18. The maximum atomic E-state index is 14.8. The van der Waals surface area contributed by atoms with Crippen molar-refractivity contribution in [3.8, 4) is 0 Å². The van der Waals surface area contributed by atoms with Crippen molar-refractivity contribution in [1.29, 1.82) is 0 Å². The van der Waals surface area contributed by atoms with Gasteiger partial charge in [-0.3, -0.25) is 43.2 Å². The van der Waals surface area contributed by atoms with Crippen LogP contribution in [0.5, 0.6) is 0 Å². The van der Waals surface area contributed by atoms with Gasteiger partial charge in [-0.2, -0.15) is 0 Å². The van der Waals surface area contributed by atoms with Gasteiger partial charge in [-0.1, -0.05) is 116 Å². The third-order valence-corrected chi connectivity index (χ3v) is 14.0. The van der Waals surface area contributed by atoms with Crippen LogP contribution >= 0.6 is 0 Å². The summed E-state index contributed by atoms with van der Waals surface area (Å²) in [5.74, 6) is -6.93. The largest absolute Gasteiger partial charge is 0.374 e. The topological polar surface area (TPSA) is 324 Å². The SMILES string of the molecule is CC(C)C[C@@H]1NC(=O)[C@H](CCCN)NC(=O)[C@H](C(C)C)NC(=O)[C@@H]2CCCN2C(=O)[C@@H](Cc2ccccc2)NC(=O)[C@H](CC(C)C)NC(=O)[C@H](CCCN)NC(=O)[C@H](C(C)C)NC(=O)CO[C@@H](COCc2ccccc2)CNC1=O. The van der Waals surface area contributed by atoms with E-state index in [1.807, 2.05) is 64.1 Å². The molecule has 80 heavy (non-hydrogen) atoms. The van der Waals surface area contributed by atoms with E-state index in [0.717, 1.165) is 5.56 Å². The van der Waals surface area contributed by atoms with Crippen LogP contribution in [-0.4, -0.2) is 152 Å². The molecule has 9 atom stereocenters. The second-order valence-electron chi connectivity index (χ2n) is 22.5. The molecule has 0 aromatic heterocycles. The van der Waals surface area contributed by atoms with Gasteiger partial charge in [0.2, 0.25) is 53.2 Å². The van der Waals surface area contributed by atoms with Gasteiger partial charge in [0.05, 0.1) is 19.3 Å². The second kappa shape index (κ2) is 33.9. The molecule has 2 aliphatic rings. The molecule has 9 amide bonds. The molecular weight excluding hydrogens is 1030 g/mol. The molecule has 0 bridgehead atoms. The molecular formula is C58H91N11O11. The van der Waals surface area contributed by atoms with Crippen molar-refractivity contribution in [1.82, 2.24) is 47.4 Å². The Hall–Kier alpha value is -6.49. The van der Waals surface area contributed by atoms with Crippen LogP contribution in [0.15, 0.2) is 60.7 Å². The lowest BCUT2D eigenvalue weighted by Gasteiger charge is -2.32. The van der Waals surface area contributed by atoms with Gasteiger partial charge in [-0.15, -0.1) is 0 Å². The summed E-state index contributed by atoms with van der Waals surface area (Å²) in [4.78, 5) is 130. The molecule has 2 aromatic carbocycles. The van der Waals surface area contributed by atoms with Crippen molar-refractivity contribution >= 4 is 53.2 Å². The van der Waals surface area contributed by atoms with Gasteiger partial charge >= 0.3 is 0 Å². The molecule has 0 spiro atoms. The summed E-state index contributed by atoms with van der Waals surface area (Å²) in [6.07, 6.45) is 1.03. The lowest BCUT2D eigenvalue weighted by atomic mass is 9.99. The lowest BCUT2D eigenvalue weighted by Crippen LogP contribution is -2.61. The third kappa shape index (κ3) is 21.9. The van der Waals surface area contributed by atoms with Crippen molar-refractivity contribution in [2.75, 3.05) is 39.4 Å². The van der Waals surface area contributed by atoms with E-state index in [9.17, 15) is 43.2 Å². The molecule has 2 fully saturated rings. The standard InChI is InChI=1S/C58H91N11O11/c1-35(2)28-44-51(71)61-31-41(33-79-32-40-20-13-10-14-21-40)80-34-48(70)67-49(37(5)6)56(76)62-43(23-16-26-60)53(73)65-45(29-36(3)4)54(74)66-46(30-39-18-11-9-12-19-39)58(78)69-27-17-24-47(69)55(75)68-50(38(7)8)57(77)63-42(22-15-25-59)52(72)64-44/h9-14,18-21,35-38,41-47,49-50H,15-17,22-34,59-60H2,1-8H3,(H,61,71)(H,62,76)(H,63,77)(H,64,72)(H,65,73)(H,66,74)(H,67,70)(H,68,75)/t41-,42+,43+,44+,45+,46-,47+,49+,50+/m1/s1. The first kappa shape index (κ1) is 66.0. The first-order valence-electron chi connectivity index (χ1n) is 28.5. The molecule has 12 N–H and O–H groups in total. The third-order valence-electron chi connectivity index (χ3n) is 14.0. The van der Waals surface area contributed by atoms with Gasteiger partial charge in [0.25, 0.3) is 0 Å². The van der Waals surface area contributed by atoms with Gasteiger partial charge in [0.1, 0.15) is 54.9 Å². The Labute approximate surface area is 472 Å². The Bertz CT molecular complexity index is 2320. The van der Waals surface area contributed by atoms with Crippen molar-refractivity contribution in [3.63, 3.8) is 0 Å². The van der Waals surface area contributed by atoms with E-state index >= 15 is 0 Å². The first-order valence-corrected chi connectivity index (χ1v) is 28.5. The second-order valence-corrected chi connectivity index (χ2v) is 22.5. The average Bonchev–Trinajstić information content (AvgIpc) is 3.96. The Morgan fingerprint density at radius 3 is 1.55 bits per heavy atom. The Kier molecular flexibility index (Phi) is 28.0. The molecule has 4 rings (SSSR count). The number of nitrogens with two attached hydrogens (primary N) is 2. The fourth-order valence-electron chi connectivity index (χ4n) is 9.59. The maximum Gasteiger partial charge on any atom is 0.246 e. The minimum atomic E-state index is -1.21. The van der Waals surface area contributed by atoms with Gasteiger partial charge in [-0.25, -0.2) is 0 Å². The monoisotopic (exact) mass is 1120 g/mol. The fourth-order valence-corrected chi connectivity index (χ4v) is 9.59. The Morgan fingerprint density at radius 1 is 0.562 bits per heavy atom. The summed E-state index contributed by atoms with van der Waals surface area (Å²) in [6.45, 7) is 14.4. The maximum absolute atomic E-state index is 14.8. The molecule has 444 valence electrons. The van der Waals surface area contributed by atoms with Crippen molar-refractivity contribution < 1.29 is 52.6 Å². The normalized spacial score (nSPS) is 25.2. The van der Waals surface area contributed by atoms with Crippen LogP contribution in [0.25, 0.3) is 0 Å². The zero-order chi connectivity index (χ0) is 58.9. The predicted octanol–water partition coefficient (Wildman–Crippen LogP) is 1.23. The highest BCUT2D eigenvalue weighted by Crippen LogP contribution is 2.22. The van der Waals surface area contributed by atoms with Crippen LogP contribution in [0.3, 0.4) is 0 Å². The summed E-state index contributed by atoms with van der Waals surface area (Å²) in [5.41, 5.74) is 13.4. The fraction of sp³-hybridized carbons (Fsp3) is 0.638. The summed E-state index contributed by atoms with van der Waals surface area (Å²) in [5, 5.41) is 22.6. The van der Waals surface area contributed by atoms with Crippen LogP contribution in [0.4, 0.5) is 0 Å². The molecule has 0 aliphatic carbocycles. The number of ether oxygens (including phenoxy) is 2. The summed E-state index contributed by atoms with van der Waals surface area (Å²) >= 11 is 0. The molecule has 2 aliphatic heterocycles. The first-order chi connectivity index (χ1) is 38.1. The van der Waals surface area contributed by atoms with Crippen LogP contribution in [0, 0.1) is 23.7 Å². The van der Waals surface area contributed by atoms with Crippen LogP contribution < -0.4 is 54.0 Å². The number of benzene rings is 2. The smallest absolute Gasteiger partial charge is 0.246 e. The number of amides is 9. The average molecular weight is 1120 g/mol. The van der Waals surface area contributed by atoms with Gasteiger partial charge in [-0.05, 0) is 99.3 Å². The lowest BCUT2D eigenvalue weighted by molar-refractivity contribution is -0.143. The predicted molar refractivity (Wildman–Crippen MR) is 302 cm³/mol. The minimum Gasteiger partial charge on any atom is -0.374 e. The Morgan fingerprint density at radius 2 is 1.04 bits per heavy atom. The minimum absolute atomic E-state index is 0.0345. The highest BCUT2D eigenvalue weighted by atomic mass is 16.5. The van der Waals surface area contributed by atoms with Crippen molar-refractivity contribution in [2.45, 2.75) is 174 Å². The van der Waals surface area contributed by atoms with Crippen LogP contribution in [-0.2, 0) is 65.7 Å². The van der Waals surface area contributed by atoms with E-state index in [0.29, 0.717) is 24.8 Å². The molecule has 2 heterocycles. The van der Waals surface area contributed by atoms with Crippen LogP contribution in [0.2, 0.25) is 0 Å². The van der Waals surface area contributed by atoms with Crippen molar-refractivity contribution in [3.05, 3.63) is 71.8 Å². The quantitative estimate of drug-likeness (QED) is 0.101. The Balaban J connectivity index is 1.76. The molecule has 2 saturated heterocycles. The molecule has 0 saturated carbocycles. The van der Waals surface area contributed by atoms with E-state index in [-0.39, 0.29) is 89.8 Å². The van der Waals surface area contributed by atoms with Gasteiger partial charge < -0.3 is 68.4 Å². The molecule has 22 nitrogen and oxygen atoms in total. The number of carbonyl (C=O) groups excluding carboxylic acids is 9. The van der Waals surface area contributed by atoms with E-state index in [1.165, 1.54) is 4.90 Å². The number of nitrogens with one attached hydrogen (secondary N) is 8. The van der Waals surface area contributed by atoms with Gasteiger partial charge in [0.15, 0.2) is 0 Å². The number of hydrogen-bond donors (Lipinski definition) is 10.